The second-order valence-corrected chi connectivity index (χ2v) is 8.43. The van der Waals surface area contributed by atoms with Gasteiger partial charge in [-0.1, -0.05) is 23.8 Å². The minimum atomic E-state index is -0.645. The Balaban J connectivity index is 1.30. The highest BCUT2D eigenvalue weighted by atomic mass is 19.1. The van der Waals surface area contributed by atoms with Crippen molar-refractivity contribution >= 4 is 10.9 Å². The van der Waals surface area contributed by atoms with Crippen LogP contribution in [0.2, 0.25) is 0 Å². The first-order valence-corrected chi connectivity index (χ1v) is 10.9. The van der Waals surface area contributed by atoms with Gasteiger partial charge in [0.1, 0.15) is 24.1 Å². The van der Waals surface area contributed by atoms with Gasteiger partial charge in [0.25, 0.3) is 0 Å². The van der Waals surface area contributed by atoms with E-state index in [2.05, 4.69) is 49.9 Å². The fraction of sp³-hybridized carbons (Fsp3) is 0.333. The summed E-state index contributed by atoms with van der Waals surface area (Å²) in [4.78, 5) is 7.53. The van der Waals surface area contributed by atoms with E-state index in [0.29, 0.717) is 23.4 Å². The second kappa shape index (κ2) is 8.89. The lowest BCUT2D eigenvalue weighted by Crippen LogP contribution is -2.26. The van der Waals surface area contributed by atoms with Crippen LogP contribution in [0.25, 0.3) is 22.2 Å². The molecule has 2 N–H and O–H groups in total. The highest BCUT2D eigenvalue weighted by molar-refractivity contribution is 5.81. The molecule has 0 spiro atoms. The number of alkyl halides is 1. The number of hydrogen-bond acceptors (Lipinski definition) is 5. The quantitative estimate of drug-likeness (QED) is 0.440. The van der Waals surface area contributed by atoms with Gasteiger partial charge in [0.15, 0.2) is 0 Å². The first kappa shape index (κ1) is 20.3. The van der Waals surface area contributed by atoms with E-state index in [4.69, 9.17) is 0 Å². The van der Waals surface area contributed by atoms with Crippen LogP contribution in [0.1, 0.15) is 41.8 Å². The molecule has 0 amide bonds. The van der Waals surface area contributed by atoms with Gasteiger partial charge in [0.05, 0.1) is 12.7 Å². The van der Waals surface area contributed by atoms with E-state index in [-0.39, 0.29) is 5.69 Å². The van der Waals surface area contributed by atoms with Crippen molar-refractivity contribution in [3.8, 4) is 17.3 Å². The van der Waals surface area contributed by atoms with E-state index in [1.165, 1.54) is 36.5 Å². The van der Waals surface area contributed by atoms with E-state index >= 15 is 0 Å². The van der Waals surface area contributed by atoms with Crippen LogP contribution >= 0.6 is 0 Å². The lowest BCUT2D eigenvalue weighted by atomic mass is 9.85. The average molecular weight is 430 g/mol. The van der Waals surface area contributed by atoms with Crippen LogP contribution in [0.3, 0.4) is 0 Å². The van der Waals surface area contributed by atoms with Crippen LogP contribution in [0.15, 0.2) is 42.7 Å². The third-order valence-electron chi connectivity index (χ3n) is 6.08. The van der Waals surface area contributed by atoms with E-state index in [9.17, 15) is 9.65 Å². The van der Waals surface area contributed by atoms with Gasteiger partial charge in [-0.15, -0.1) is 5.10 Å². The summed E-state index contributed by atoms with van der Waals surface area (Å²) in [6.45, 7) is 1.83. The van der Waals surface area contributed by atoms with Crippen molar-refractivity contribution < 1.29 is 4.39 Å². The Hall–Kier alpha value is -3.57. The Kier molecular flexibility index (Phi) is 5.65. The zero-order valence-corrected chi connectivity index (χ0v) is 17.7. The lowest BCUT2D eigenvalue weighted by Gasteiger charge is -2.25. The molecule has 1 saturated carbocycles. The van der Waals surface area contributed by atoms with Crippen LogP contribution in [0, 0.1) is 17.2 Å². The van der Waals surface area contributed by atoms with E-state index < -0.39 is 6.67 Å². The minimum Gasteiger partial charge on any atom is -0.357 e. The summed E-state index contributed by atoms with van der Waals surface area (Å²) in [7, 11) is 0. The number of hydrogen-bond donors (Lipinski definition) is 2. The molecule has 0 bridgehead atoms. The molecule has 1 aliphatic rings. The first-order chi connectivity index (χ1) is 15.7. The standard InChI is InChI=1S/C24H24FN7/c25-9-18-6-21(23(10-26)28-12-18)24-15-32(31-30-24)14-17-4-5-19-8-20(29-22(19)7-17)13-27-11-16-2-1-3-16/h4-8,12,15-16,27,29H,1-3,9,11,13-14H2. The van der Waals surface area contributed by atoms with E-state index in [0.717, 1.165) is 30.1 Å². The van der Waals surface area contributed by atoms with Crippen molar-refractivity contribution in [2.24, 2.45) is 5.92 Å². The summed E-state index contributed by atoms with van der Waals surface area (Å²) in [6, 6.07) is 12.1. The number of aromatic nitrogens is 5. The molecule has 8 heteroatoms. The number of fused-ring (bicyclic) bond motifs is 1. The molecule has 162 valence electrons. The van der Waals surface area contributed by atoms with Crippen molar-refractivity contribution in [1.82, 2.24) is 30.3 Å². The molecule has 3 heterocycles. The largest absolute Gasteiger partial charge is 0.357 e. The Morgan fingerprint density at radius 2 is 2.12 bits per heavy atom. The molecule has 0 atom stereocenters. The zero-order valence-electron chi connectivity index (χ0n) is 17.7. The molecule has 1 aliphatic carbocycles. The number of H-pyrrole nitrogens is 1. The maximum absolute atomic E-state index is 13.0. The smallest absolute Gasteiger partial charge is 0.149 e. The van der Waals surface area contributed by atoms with Gasteiger partial charge in [-0.3, -0.25) is 0 Å². The van der Waals surface area contributed by atoms with Crippen LogP contribution in [0.5, 0.6) is 0 Å². The third kappa shape index (κ3) is 4.25. The molecule has 7 nitrogen and oxygen atoms in total. The summed E-state index contributed by atoms with van der Waals surface area (Å²) in [5, 5.41) is 22.4. The number of rotatable bonds is 8. The SMILES string of the molecule is N#Cc1ncc(CF)cc1-c1cn(Cc2ccc3cc(CNCC4CCC4)[nH]c3c2)nn1. The van der Waals surface area contributed by atoms with Crippen LogP contribution in [-0.2, 0) is 19.8 Å². The Bertz CT molecular complexity index is 1280. The maximum Gasteiger partial charge on any atom is 0.149 e. The third-order valence-corrected chi connectivity index (χ3v) is 6.08. The van der Waals surface area contributed by atoms with Gasteiger partial charge in [-0.25, -0.2) is 14.1 Å². The number of aromatic amines is 1. The fourth-order valence-corrected chi connectivity index (χ4v) is 4.09. The van der Waals surface area contributed by atoms with Crippen LogP contribution in [-0.4, -0.2) is 31.5 Å². The summed E-state index contributed by atoms with van der Waals surface area (Å²) < 4.78 is 14.7. The fourth-order valence-electron chi connectivity index (χ4n) is 4.09. The van der Waals surface area contributed by atoms with Crippen molar-refractivity contribution in [3.05, 3.63) is 65.2 Å². The van der Waals surface area contributed by atoms with Crippen molar-refractivity contribution in [2.75, 3.05) is 6.54 Å². The molecular weight excluding hydrogens is 405 g/mol. The normalized spacial score (nSPS) is 13.9. The first-order valence-electron chi connectivity index (χ1n) is 10.9. The molecule has 5 rings (SSSR count). The molecule has 3 aromatic heterocycles. The highest BCUT2D eigenvalue weighted by Gasteiger charge is 2.16. The van der Waals surface area contributed by atoms with Gasteiger partial charge < -0.3 is 10.3 Å². The minimum absolute atomic E-state index is 0.209. The van der Waals surface area contributed by atoms with Gasteiger partial charge in [0.2, 0.25) is 0 Å². The lowest BCUT2D eigenvalue weighted by molar-refractivity contribution is 0.301. The molecule has 1 aromatic carbocycles. The van der Waals surface area contributed by atoms with E-state index in [1.807, 2.05) is 6.07 Å². The van der Waals surface area contributed by atoms with Crippen LogP contribution < -0.4 is 5.32 Å². The number of nitrogens with zero attached hydrogens (tertiary/aromatic N) is 5. The summed E-state index contributed by atoms with van der Waals surface area (Å²) in [6.07, 6.45) is 7.20. The Morgan fingerprint density at radius 3 is 2.91 bits per heavy atom. The average Bonchev–Trinajstić information content (AvgIpc) is 3.41. The Labute approximate surface area is 185 Å². The molecule has 4 aromatic rings. The summed E-state index contributed by atoms with van der Waals surface area (Å²) in [5.41, 5.74) is 4.97. The van der Waals surface area contributed by atoms with Gasteiger partial charge >= 0.3 is 0 Å². The molecule has 32 heavy (non-hydrogen) atoms. The van der Waals surface area contributed by atoms with Crippen molar-refractivity contribution in [2.45, 2.75) is 39.0 Å². The topological polar surface area (TPSA) is 95.2 Å². The number of halogens is 1. The molecule has 0 saturated heterocycles. The molecule has 0 unspecified atom stereocenters. The zero-order chi connectivity index (χ0) is 21.9. The number of nitriles is 1. The highest BCUT2D eigenvalue weighted by Crippen LogP contribution is 2.25. The summed E-state index contributed by atoms with van der Waals surface area (Å²) >= 11 is 0. The molecule has 1 fully saturated rings. The monoisotopic (exact) mass is 429 g/mol. The second-order valence-electron chi connectivity index (χ2n) is 8.43. The van der Waals surface area contributed by atoms with Crippen molar-refractivity contribution in [1.29, 1.82) is 5.26 Å². The Morgan fingerprint density at radius 1 is 1.22 bits per heavy atom. The van der Waals surface area contributed by atoms with E-state index in [1.54, 1.807) is 16.9 Å². The van der Waals surface area contributed by atoms with Gasteiger partial charge in [-0.05, 0) is 54.5 Å². The number of benzene rings is 1. The van der Waals surface area contributed by atoms with Gasteiger partial charge in [-0.2, -0.15) is 5.26 Å². The molecular formula is C24H24FN7. The van der Waals surface area contributed by atoms with Gasteiger partial charge in [0, 0.05) is 35.1 Å². The number of pyridine rings is 1. The van der Waals surface area contributed by atoms with Crippen molar-refractivity contribution in [3.63, 3.8) is 0 Å². The predicted molar refractivity (Wildman–Crippen MR) is 119 cm³/mol. The molecule has 0 aliphatic heterocycles. The molecule has 0 radical (unpaired) electrons. The predicted octanol–water partition coefficient (Wildman–Crippen LogP) is 4.10. The maximum atomic E-state index is 13.0. The summed E-state index contributed by atoms with van der Waals surface area (Å²) in [5.74, 6) is 0.845. The number of nitrogens with one attached hydrogen (secondary N) is 2. The van der Waals surface area contributed by atoms with Crippen LogP contribution in [0.4, 0.5) is 4.39 Å².